The first kappa shape index (κ1) is 22.5. The van der Waals surface area contributed by atoms with Gasteiger partial charge in [0.05, 0.1) is 11.2 Å². The van der Waals surface area contributed by atoms with Crippen molar-refractivity contribution in [3.63, 3.8) is 0 Å². The maximum Gasteiger partial charge on any atom is 0.407 e. The molecule has 0 aliphatic carbocycles. The van der Waals surface area contributed by atoms with E-state index < -0.39 is 17.7 Å². The number of hydrogen-bond donors (Lipinski definition) is 2. The van der Waals surface area contributed by atoms with E-state index in [-0.39, 0.29) is 35.8 Å². The minimum atomic E-state index is -1.01. The number of aromatic nitrogens is 2. The van der Waals surface area contributed by atoms with Gasteiger partial charge in [0.15, 0.2) is 11.6 Å². The van der Waals surface area contributed by atoms with Crippen LogP contribution in [-0.2, 0) is 0 Å². The Morgan fingerprint density at radius 1 is 1.00 bits per heavy atom. The number of carboxylic acid groups (broad SMARTS) is 1. The van der Waals surface area contributed by atoms with E-state index in [1.54, 1.807) is 17.2 Å². The number of anilines is 1. The van der Waals surface area contributed by atoms with Crippen LogP contribution in [0.4, 0.5) is 19.4 Å². The van der Waals surface area contributed by atoms with Crippen molar-refractivity contribution in [1.29, 1.82) is 0 Å². The van der Waals surface area contributed by atoms with E-state index >= 15 is 0 Å². The van der Waals surface area contributed by atoms with Crippen LogP contribution < -0.4 is 4.90 Å². The van der Waals surface area contributed by atoms with E-state index in [4.69, 9.17) is 4.98 Å². The highest BCUT2D eigenvalue weighted by atomic mass is 19.1. The van der Waals surface area contributed by atoms with Gasteiger partial charge in [-0.2, -0.15) is 0 Å². The Hall–Kier alpha value is -4.27. The zero-order valence-electron chi connectivity index (χ0n) is 18.9. The highest BCUT2D eigenvalue weighted by molar-refractivity contribution is 6.05. The number of halogens is 2. The second-order valence-corrected chi connectivity index (χ2v) is 8.41. The predicted octanol–water partition coefficient (Wildman–Crippen LogP) is 5.06. The summed E-state index contributed by atoms with van der Waals surface area (Å²) in [5, 5.41) is 21.1. The van der Waals surface area contributed by atoms with Gasteiger partial charge in [0.2, 0.25) is 0 Å². The third-order valence-electron chi connectivity index (χ3n) is 6.31. The molecule has 0 bridgehead atoms. The predicted molar refractivity (Wildman–Crippen MR) is 129 cm³/mol. The highest BCUT2D eigenvalue weighted by Crippen LogP contribution is 2.44. The van der Waals surface area contributed by atoms with Crippen LogP contribution in [0.2, 0.25) is 0 Å². The van der Waals surface area contributed by atoms with Crippen molar-refractivity contribution in [2.45, 2.75) is 6.92 Å². The lowest BCUT2D eigenvalue weighted by Gasteiger charge is -2.34. The van der Waals surface area contributed by atoms with Gasteiger partial charge < -0.3 is 20.0 Å². The molecule has 2 aromatic carbocycles. The van der Waals surface area contributed by atoms with Crippen molar-refractivity contribution in [1.82, 2.24) is 14.9 Å². The van der Waals surface area contributed by atoms with E-state index in [1.165, 1.54) is 11.0 Å². The molecule has 1 fully saturated rings. The number of aryl methyl sites for hydroxylation is 1. The lowest BCUT2D eigenvalue weighted by Crippen LogP contribution is -2.48. The Bertz CT molecular complexity index is 1450. The molecule has 7 nitrogen and oxygen atoms in total. The fourth-order valence-corrected chi connectivity index (χ4v) is 4.50. The van der Waals surface area contributed by atoms with Crippen molar-refractivity contribution in [3.8, 4) is 28.1 Å². The summed E-state index contributed by atoms with van der Waals surface area (Å²) in [6.07, 6.45) is 0.557. The van der Waals surface area contributed by atoms with Crippen LogP contribution >= 0.6 is 0 Å². The number of aromatic hydroxyl groups is 1. The van der Waals surface area contributed by atoms with Crippen LogP contribution in [-0.4, -0.2) is 57.4 Å². The van der Waals surface area contributed by atoms with Gasteiger partial charge in [0.1, 0.15) is 11.6 Å². The van der Waals surface area contributed by atoms with Crippen molar-refractivity contribution in [3.05, 3.63) is 71.9 Å². The zero-order valence-corrected chi connectivity index (χ0v) is 18.9. The molecule has 1 aliphatic rings. The van der Waals surface area contributed by atoms with Gasteiger partial charge in [-0.15, -0.1) is 0 Å². The largest absolute Gasteiger partial charge is 0.504 e. The van der Waals surface area contributed by atoms with Gasteiger partial charge in [0, 0.05) is 60.5 Å². The molecule has 4 aromatic rings. The highest BCUT2D eigenvalue weighted by Gasteiger charge is 2.28. The number of hydrogen-bond acceptors (Lipinski definition) is 5. The molecule has 1 saturated heterocycles. The first-order chi connectivity index (χ1) is 16.8. The summed E-state index contributed by atoms with van der Waals surface area (Å²) in [5.41, 5.74) is 3.03. The summed E-state index contributed by atoms with van der Waals surface area (Å²) in [7, 11) is 0. The minimum Gasteiger partial charge on any atom is -0.504 e. The van der Waals surface area contributed by atoms with E-state index in [1.807, 2.05) is 31.2 Å². The molecule has 9 heteroatoms. The molecule has 1 amide bonds. The molecule has 0 unspecified atom stereocenters. The van der Waals surface area contributed by atoms with Crippen molar-refractivity contribution >= 4 is 22.8 Å². The Morgan fingerprint density at radius 3 is 2.43 bits per heavy atom. The number of nitrogens with zero attached hydrogens (tertiary/aromatic N) is 4. The van der Waals surface area contributed by atoms with Gasteiger partial charge in [0.25, 0.3) is 0 Å². The molecular formula is C26H22F2N4O3. The molecular weight excluding hydrogens is 454 g/mol. The molecule has 5 rings (SSSR count). The number of piperazine rings is 1. The van der Waals surface area contributed by atoms with E-state index in [9.17, 15) is 23.8 Å². The Morgan fingerprint density at radius 2 is 1.74 bits per heavy atom. The Balaban J connectivity index is 1.78. The monoisotopic (exact) mass is 476 g/mol. The fraction of sp³-hybridized carbons (Fsp3) is 0.192. The van der Waals surface area contributed by atoms with Gasteiger partial charge in [-0.3, -0.25) is 4.98 Å². The van der Waals surface area contributed by atoms with Crippen LogP contribution in [0.25, 0.3) is 33.3 Å². The van der Waals surface area contributed by atoms with E-state index in [2.05, 4.69) is 4.98 Å². The fourth-order valence-electron chi connectivity index (χ4n) is 4.50. The summed E-state index contributed by atoms with van der Waals surface area (Å²) >= 11 is 0. The topological polar surface area (TPSA) is 89.8 Å². The summed E-state index contributed by atoms with van der Waals surface area (Å²) in [6, 6.07) is 12.5. The van der Waals surface area contributed by atoms with Crippen LogP contribution in [0.5, 0.6) is 5.75 Å². The average Bonchev–Trinajstić information content (AvgIpc) is 2.84. The Kier molecular flexibility index (Phi) is 5.68. The van der Waals surface area contributed by atoms with E-state index in [0.29, 0.717) is 29.7 Å². The van der Waals surface area contributed by atoms with E-state index in [0.717, 1.165) is 23.3 Å². The minimum absolute atomic E-state index is 0.0312. The third kappa shape index (κ3) is 3.99. The molecule has 0 saturated carbocycles. The molecule has 2 aromatic heterocycles. The van der Waals surface area contributed by atoms with Crippen molar-refractivity contribution in [2.75, 3.05) is 31.1 Å². The van der Waals surface area contributed by atoms with Gasteiger partial charge >= 0.3 is 6.09 Å². The molecule has 2 N–H and O–H groups in total. The SMILES string of the molecule is Cc1ccccc1-c1nccc2c(-c3ccc(F)cc3F)c(O)c(N3CCN(C(=O)O)CC3)nc12. The average molecular weight is 476 g/mol. The molecule has 0 atom stereocenters. The summed E-state index contributed by atoms with van der Waals surface area (Å²) in [6.45, 7) is 3.00. The van der Waals surface area contributed by atoms with Crippen LogP contribution in [0.3, 0.4) is 0 Å². The van der Waals surface area contributed by atoms with Crippen molar-refractivity contribution in [2.24, 2.45) is 0 Å². The quantitative estimate of drug-likeness (QED) is 0.430. The lowest BCUT2D eigenvalue weighted by atomic mass is 9.96. The maximum atomic E-state index is 15.0. The Labute approximate surface area is 199 Å². The van der Waals surface area contributed by atoms with Crippen LogP contribution in [0.15, 0.2) is 54.7 Å². The molecule has 178 valence electrons. The first-order valence-corrected chi connectivity index (χ1v) is 11.1. The van der Waals surface area contributed by atoms with Gasteiger partial charge in [-0.05, 0) is 30.7 Å². The number of benzene rings is 2. The molecule has 1 aliphatic heterocycles. The van der Waals surface area contributed by atoms with Crippen molar-refractivity contribution < 1.29 is 23.8 Å². The standard InChI is InChI=1S/C26H22F2N4O3/c1-15-4-2-3-5-17(15)22-23-19(8-9-29-22)21(18-7-6-16(27)14-20(18)28)24(33)25(30-23)31-10-12-32(13-11-31)26(34)35/h2-9,14,33H,10-13H2,1H3,(H,34,35). The lowest BCUT2D eigenvalue weighted by molar-refractivity contribution is 0.142. The smallest absolute Gasteiger partial charge is 0.407 e. The van der Waals surface area contributed by atoms with Gasteiger partial charge in [-0.25, -0.2) is 18.6 Å². The molecule has 3 heterocycles. The van der Waals surface area contributed by atoms with Crippen LogP contribution in [0, 0.1) is 18.6 Å². The molecule has 0 spiro atoms. The summed E-state index contributed by atoms with van der Waals surface area (Å²) in [4.78, 5) is 23.7. The van der Waals surface area contributed by atoms with Crippen LogP contribution in [0.1, 0.15) is 5.56 Å². The number of carbonyl (C=O) groups is 1. The normalized spacial score (nSPS) is 13.9. The summed E-state index contributed by atoms with van der Waals surface area (Å²) in [5.74, 6) is -1.60. The first-order valence-electron chi connectivity index (χ1n) is 11.1. The molecule has 35 heavy (non-hydrogen) atoms. The zero-order chi connectivity index (χ0) is 24.7. The molecule has 0 radical (unpaired) electrons. The summed E-state index contributed by atoms with van der Waals surface area (Å²) < 4.78 is 28.7. The van der Waals surface area contributed by atoms with Gasteiger partial charge in [-0.1, -0.05) is 24.3 Å². The second kappa shape index (κ2) is 8.83. The third-order valence-corrected chi connectivity index (χ3v) is 6.31. The maximum absolute atomic E-state index is 15.0. The number of rotatable bonds is 3. The number of pyridine rings is 2. The number of amides is 1. The number of fused-ring (bicyclic) bond motifs is 1. The second-order valence-electron chi connectivity index (χ2n) is 8.41.